The standard InChI is InChI=1S/C12H10ClFN2O/c1-7-3-4-9(14)5-10(7)17-11-8(2)6-15-12(13)16-11/h3-6H,1-2H3. The summed E-state index contributed by atoms with van der Waals surface area (Å²) in [5.41, 5.74) is 1.55. The van der Waals surface area contributed by atoms with Crippen molar-refractivity contribution in [2.45, 2.75) is 13.8 Å². The Bertz CT molecular complexity index is 511. The van der Waals surface area contributed by atoms with Gasteiger partial charge in [0.25, 0.3) is 0 Å². The van der Waals surface area contributed by atoms with Gasteiger partial charge in [-0.25, -0.2) is 9.37 Å². The van der Waals surface area contributed by atoms with E-state index in [-0.39, 0.29) is 11.1 Å². The van der Waals surface area contributed by atoms with E-state index in [2.05, 4.69) is 9.97 Å². The molecule has 0 unspecified atom stereocenters. The molecular formula is C12H10ClFN2O. The fraction of sp³-hybridized carbons (Fsp3) is 0.167. The molecule has 0 saturated heterocycles. The highest BCUT2D eigenvalue weighted by molar-refractivity contribution is 6.28. The van der Waals surface area contributed by atoms with Gasteiger partial charge in [-0.05, 0) is 37.1 Å². The van der Waals surface area contributed by atoms with Crippen molar-refractivity contribution in [3.8, 4) is 11.6 Å². The van der Waals surface area contributed by atoms with Gasteiger partial charge in [-0.15, -0.1) is 0 Å². The molecule has 1 aromatic heterocycles. The lowest BCUT2D eigenvalue weighted by Crippen LogP contribution is -1.95. The van der Waals surface area contributed by atoms with Crippen LogP contribution in [0.5, 0.6) is 11.6 Å². The second-order valence-electron chi connectivity index (χ2n) is 3.64. The molecule has 0 radical (unpaired) electrons. The van der Waals surface area contributed by atoms with Gasteiger partial charge in [0, 0.05) is 17.8 Å². The summed E-state index contributed by atoms with van der Waals surface area (Å²) >= 11 is 5.68. The number of aryl methyl sites for hydroxylation is 2. The van der Waals surface area contributed by atoms with Crippen molar-refractivity contribution < 1.29 is 9.13 Å². The summed E-state index contributed by atoms with van der Waals surface area (Å²) in [6, 6.07) is 4.33. The van der Waals surface area contributed by atoms with Crippen molar-refractivity contribution in [1.29, 1.82) is 0 Å². The summed E-state index contributed by atoms with van der Waals surface area (Å²) in [6.45, 7) is 3.62. The number of nitrogens with zero attached hydrogens (tertiary/aromatic N) is 2. The second kappa shape index (κ2) is 4.67. The number of ether oxygens (including phenoxy) is 1. The number of hydrogen-bond acceptors (Lipinski definition) is 3. The van der Waals surface area contributed by atoms with Gasteiger partial charge in [0.1, 0.15) is 11.6 Å². The van der Waals surface area contributed by atoms with Crippen LogP contribution >= 0.6 is 11.6 Å². The summed E-state index contributed by atoms with van der Waals surface area (Å²) in [7, 11) is 0. The van der Waals surface area contributed by atoms with Crippen molar-refractivity contribution in [3.05, 3.63) is 46.6 Å². The third kappa shape index (κ3) is 2.71. The molecule has 5 heteroatoms. The van der Waals surface area contributed by atoms with E-state index in [0.29, 0.717) is 11.6 Å². The average molecular weight is 253 g/mol. The Morgan fingerprint density at radius 1 is 1.24 bits per heavy atom. The van der Waals surface area contributed by atoms with Gasteiger partial charge in [0.2, 0.25) is 11.2 Å². The van der Waals surface area contributed by atoms with E-state index < -0.39 is 0 Å². The molecule has 0 bridgehead atoms. The van der Waals surface area contributed by atoms with Crippen molar-refractivity contribution in [3.63, 3.8) is 0 Å². The third-order valence-corrected chi connectivity index (χ3v) is 2.43. The molecule has 3 nitrogen and oxygen atoms in total. The molecule has 0 aliphatic rings. The van der Waals surface area contributed by atoms with Crippen LogP contribution in [0.25, 0.3) is 0 Å². The van der Waals surface area contributed by atoms with E-state index in [4.69, 9.17) is 16.3 Å². The van der Waals surface area contributed by atoms with E-state index in [9.17, 15) is 4.39 Å². The lowest BCUT2D eigenvalue weighted by molar-refractivity contribution is 0.449. The van der Waals surface area contributed by atoms with Gasteiger partial charge in [-0.3, -0.25) is 0 Å². The molecule has 0 atom stereocenters. The Kier molecular flexibility index (Phi) is 3.24. The smallest absolute Gasteiger partial charge is 0.226 e. The van der Waals surface area contributed by atoms with Crippen LogP contribution in [0.15, 0.2) is 24.4 Å². The summed E-state index contributed by atoms with van der Waals surface area (Å²) in [5, 5.41) is 0.0969. The first kappa shape index (κ1) is 11.8. The van der Waals surface area contributed by atoms with Gasteiger partial charge in [0.05, 0.1) is 0 Å². The number of aromatic nitrogens is 2. The number of benzene rings is 1. The Morgan fingerprint density at radius 3 is 2.76 bits per heavy atom. The average Bonchev–Trinajstić information content (AvgIpc) is 2.28. The van der Waals surface area contributed by atoms with E-state index in [1.807, 2.05) is 6.92 Å². The van der Waals surface area contributed by atoms with Gasteiger partial charge in [0.15, 0.2) is 0 Å². The van der Waals surface area contributed by atoms with Crippen molar-refractivity contribution in [1.82, 2.24) is 9.97 Å². The quantitative estimate of drug-likeness (QED) is 0.765. The van der Waals surface area contributed by atoms with Crippen LogP contribution < -0.4 is 4.74 Å². The lowest BCUT2D eigenvalue weighted by atomic mass is 10.2. The highest BCUT2D eigenvalue weighted by Crippen LogP contribution is 2.26. The van der Waals surface area contributed by atoms with Crippen molar-refractivity contribution in [2.75, 3.05) is 0 Å². The van der Waals surface area contributed by atoms with Gasteiger partial charge >= 0.3 is 0 Å². The van der Waals surface area contributed by atoms with E-state index in [1.54, 1.807) is 19.2 Å². The molecule has 1 heterocycles. The molecule has 0 amide bonds. The molecule has 0 saturated carbocycles. The summed E-state index contributed by atoms with van der Waals surface area (Å²) in [4.78, 5) is 7.77. The molecule has 0 spiro atoms. The zero-order chi connectivity index (χ0) is 12.4. The monoisotopic (exact) mass is 252 g/mol. The Labute approximate surface area is 103 Å². The van der Waals surface area contributed by atoms with Crippen molar-refractivity contribution >= 4 is 11.6 Å². The van der Waals surface area contributed by atoms with Gasteiger partial charge in [-0.2, -0.15) is 4.98 Å². The Hall–Kier alpha value is -1.68. The maximum absolute atomic E-state index is 13.1. The predicted molar refractivity (Wildman–Crippen MR) is 63.0 cm³/mol. The zero-order valence-corrected chi connectivity index (χ0v) is 10.1. The minimum absolute atomic E-state index is 0.0969. The minimum atomic E-state index is -0.358. The fourth-order valence-electron chi connectivity index (χ4n) is 1.30. The predicted octanol–water partition coefficient (Wildman–Crippen LogP) is 3.68. The first-order chi connectivity index (χ1) is 8.06. The first-order valence-electron chi connectivity index (χ1n) is 4.99. The van der Waals surface area contributed by atoms with E-state index in [1.165, 1.54) is 12.1 Å². The molecule has 0 aliphatic heterocycles. The highest BCUT2D eigenvalue weighted by Gasteiger charge is 2.08. The van der Waals surface area contributed by atoms with Crippen LogP contribution in [0.2, 0.25) is 5.28 Å². The van der Waals surface area contributed by atoms with Gasteiger partial charge in [-0.1, -0.05) is 6.07 Å². The Morgan fingerprint density at radius 2 is 2.00 bits per heavy atom. The summed E-state index contributed by atoms with van der Waals surface area (Å²) in [6.07, 6.45) is 1.55. The highest BCUT2D eigenvalue weighted by atomic mass is 35.5. The Balaban J connectivity index is 2.37. The molecule has 0 aliphatic carbocycles. The second-order valence-corrected chi connectivity index (χ2v) is 3.98. The molecule has 1 aromatic carbocycles. The lowest BCUT2D eigenvalue weighted by Gasteiger charge is -2.09. The van der Waals surface area contributed by atoms with E-state index >= 15 is 0 Å². The van der Waals surface area contributed by atoms with Crippen LogP contribution in [-0.4, -0.2) is 9.97 Å². The topological polar surface area (TPSA) is 35.0 Å². The van der Waals surface area contributed by atoms with E-state index in [0.717, 1.165) is 11.1 Å². The normalized spacial score (nSPS) is 10.4. The van der Waals surface area contributed by atoms with Crippen LogP contribution in [0.1, 0.15) is 11.1 Å². The zero-order valence-electron chi connectivity index (χ0n) is 9.37. The SMILES string of the molecule is Cc1ccc(F)cc1Oc1nc(Cl)ncc1C. The molecule has 2 aromatic rings. The van der Waals surface area contributed by atoms with Crippen molar-refractivity contribution in [2.24, 2.45) is 0 Å². The fourth-order valence-corrected chi connectivity index (χ4v) is 1.42. The first-order valence-corrected chi connectivity index (χ1v) is 5.37. The molecule has 0 fully saturated rings. The molecule has 2 rings (SSSR count). The van der Waals surface area contributed by atoms with Crippen LogP contribution in [0, 0.1) is 19.7 Å². The maximum atomic E-state index is 13.1. The van der Waals surface area contributed by atoms with Crippen LogP contribution in [0.3, 0.4) is 0 Å². The maximum Gasteiger partial charge on any atom is 0.226 e. The largest absolute Gasteiger partial charge is 0.438 e. The molecule has 88 valence electrons. The molecular weight excluding hydrogens is 243 g/mol. The van der Waals surface area contributed by atoms with Gasteiger partial charge < -0.3 is 4.74 Å². The number of hydrogen-bond donors (Lipinski definition) is 0. The minimum Gasteiger partial charge on any atom is -0.438 e. The summed E-state index contributed by atoms with van der Waals surface area (Å²) < 4.78 is 18.6. The molecule has 17 heavy (non-hydrogen) atoms. The third-order valence-electron chi connectivity index (χ3n) is 2.25. The van der Waals surface area contributed by atoms with Crippen LogP contribution in [0.4, 0.5) is 4.39 Å². The van der Waals surface area contributed by atoms with Crippen LogP contribution in [-0.2, 0) is 0 Å². The number of halogens is 2. The summed E-state index contributed by atoms with van der Waals surface area (Å²) in [5.74, 6) is 0.393. The number of rotatable bonds is 2. The molecule has 0 N–H and O–H groups in total.